The molecule has 0 N–H and O–H groups in total. The molecule has 1 heterocycles. The van der Waals surface area contributed by atoms with Crippen molar-refractivity contribution in [1.29, 1.82) is 0 Å². The van der Waals surface area contributed by atoms with Gasteiger partial charge in [-0.05, 0) is 0 Å². The number of rotatable bonds is 2. The molecule has 1 aliphatic heterocycles. The van der Waals surface area contributed by atoms with E-state index in [9.17, 15) is 18.0 Å². The first-order valence-electron chi connectivity index (χ1n) is 4.15. The molecule has 0 aromatic rings. The lowest BCUT2D eigenvalue weighted by Gasteiger charge is -2.40. The van der Waals surface area contributed by atoms with Crippen molar-refractivity contribution in [2.24, 2.45) is 5.41 Å². The van der Waals surface area contributed by atoms with Crippen LogP contribution in [-0.2, 0) is 9.53 Å². The molecule has 14 heavy (non-hydrogen) atoms. The van der Waals surface area contributed by atoms with Crippen molar-refractivity contribution in [2.75, 3.05) is 26.8 Å². The maximum atomic E-state index is 12.0. The molecule has 3 nitrogen and oxygen atoms in total. The van der Waals surface area contributed by atoms with Crippen LogP contribution in [0.3, 0.4) is 0 Å². The van der Waals surface area contributed by atoms with Gasteiger partial charge in [-0.15, -0.1) is 0 Å². The number of alkyl halides is 3. The molecule has 1 rings (SSSR count). The second kappa shape index (κ2) is 3.42. The van der Waals surface area contributed by atoms with Crippen molar-refractivity contribution >= 4 is 5.91 Å². The van der Waals surface area contributed by atoms with Crippen LogP contribution >= 0.6 is 0 Å². The number of carbonyl (C=O) groups is 1. The van der Waals surface area contributed by atoms with Gasteiger partial charge in [0.25, 0.3) is 0 Å². The Balaban J connectivity index is 2.49. The highest BCUT2D eigenvalue weighted by atomic mass is 19.3. The van der Waals surface area contributed by atoms with E-state index in [-0.39, 0.29) is 12.0 Å². The zero-order chi connectivity index (χ0) is 11.0. The first kappa shape index (κ1) is 11.3. The first-order chi connectivity index (χ1) is 6.25. The van der Waals surface area contributed by atoms with E-state index < -0.39 is 12.1 Å². The molecule has 0 bridgehead atoms. The van der Waals surface area contributed by atoms with Crippen molar-refractivity contribution in [3.8, 4) is 0 Å². The van der Waals surface area contributed by atoms with Crippen LogP contribution in [0.25, 0.3) is 0 Å². The van der Waals surface area contributed by atoms with Crippen LogP contribution < -0.4 is 0 Å². The molecular formula is C8H12F3NO2. The van der Waals surface area contributed by atoms with Crippen LogP contribution in [0.4, 0.5) is 13.2 Å². The number of nitrogens with zero attached hydrogens (tertiary/aromatic N) is 1. The quantitative estimate of drug-likeness (QED) is 0.681. The Morgan fingerprint density at radius 3 is 2.29 bits per heavy atom. The normalized spacial score (nSPS) is 20.1. The molecule has 0 aromatic heterocycles. The summed E-state index contributed by atoms with van der Waals surface area (Å²) in [5.74, 6) is -1.80. The van der Waals surface area contributed by atoms with E-state index >= 15 is 0 Å². The Bertz CT molecular complexity index is 235. The molecule has 1 aliphatic rings. The number of hydrogen-bond donors (Lipinski definition) is 0. The second-order valence-electron chi connectivity index (χ2n) is 3.96. The number of ether oxygens (including phenoxy) is 1. The largest absolute Gasteiger partial charge is 0.471 e. The number of amides is 1. The van der Waals surface area contributed by atoms with Gasteiger partial charge in [-0.2, -0.15) is 13.2 Å². The summed E-state index contributed by atoms with van der Waals surface area (Å²) >= 11 is 0. The summed E-state index contributed by atoms with van der Waals surface area (Å²) in [6, 6.07) is 0. The van der Waals surface area contributed by atoms with Crippen LogP contribution in [0.5, 0.6) is 0 Å². The molecule has 1 amide bonds. The predicted octanol–water partition coefficient (Wildman–Crippen LogP) is 1.04. The zero-order valence-electron chi connectivity index (χ0n) is 8.02. The summed E-state index contributed by atoms with van der Waals surface area (Å²) in [5, 5.41) is 0. The second-order valence-corrected chi connectivity index (χ2v) is 3.96. The topological polar surface area (TPSA) is 29.5 Å². The molecule has 6 heteroatoms. The summed E-state index contributed by atoms with van der Waals surface area (Å²) in [6.07, 6.45) is -4.78. The molecule has 0 spiro atoms. The molecule has 0 unspecified atom stereocenters. The fraction of sp³-hybridized carbons (Fsp3) is 0.875. The van der Waals surface area contributed by atoms with E-state index in [1.807, 2.05) is 0 Å². The van der Waals surface area contributed by atoms with Gasteiger partial charge in [-0.1, -0.05) is 6.92 Å². The number of carbonyl (C=O) groups excluding carboxylic acids is 1. The predicted molar refractivity (Wildman–Crippen MR) is 42.6 cm³/mol. The average molecular weight is 210 g/mol. The number of halogens is 3. The lowest BCUT2D eigenvalue weighted by molar-refractivity contribution is -0.189. The smallest absolute Gasteiger partial charge is 0.380 e. The Kier molecular flexibility index (Phi) is 2.76. The third kappa shape index (κ3) is 2.37. The van der Waals surface area contributed by atoms with Crippen molar-refractivity contribution in [3.63, 3.8) is 0 Å². The molecule has 0 aliphatic carbocycles. The van der Waals surface area contributed by atoms with E-state index in [1.54, 1.807) is 6.92 Å². The van der Waals surface area contributed by atoms with Crippen LogP contribution in [-0.4, -0.2) is 43.8 Å². The van der Waals surface area contributed by atoms with Gasteiger partial charge in [-0.3, -0.25) is 4.79 Å². The Hall–Kier alpha value is -0.780. The Morgan fingerprint density at radius 2 is 2.00 bits per heavy atom. The van der Waals surface area contributed by atoms with Crippen molar-refractivity contribution in [1.82, 2.24) is 4.90 Å². The SMILES string of the molecule is CN(CC1(C)COC1)C(=O)C(F)(F)[18F]. The number of hydrogen-bond acceptors (Lipinski definition) is 2. The van der Waals surface area contributed by atoms with E-state index in [1.165, 1.54) is 0 Å². The molecule has 0 saturated carbocycles. The van der Waals surface area contributed by atoms with E-state index in [4.69, 9.17) is 4.74 Å². The highest BCUT2D eigenvalue weighted by Gasteiger charge is 2.44. The van der Waals surface area contributed by atoms with Crippen molar-refractivity contribution < 1.29 is 22.7 Å². The lowest BCUT2D eigenvalue weighted by atomic mass is 9.88. The lowest BCUT2D eigenvalue weighted by Crippen LogP contribution is -2.51. The van der Waals surface area contributed by atoms with Crippen LogP contribution in [0, 0.1) is 5.41 Å². The highest BCUT2D eigenvalue weighted by Crippen LogP contribution is 2.28. The van der Waals surface area contributed by atoms with Crippen LogP contribution in [0.1, 0.15) is 6.92 Å². The van der Waals surface area contributed by atoms with Gasteiger partial charge in [0.1, 0.15) is 0 Å². The van der Waals surface area contributed by atoms with E-state index in [0.29, 0.717) is 18.1 Å². The minimum Gasteiger partial charge on any atom is -0.380 e. The molecule has 0 radical (unpaired) electrons. The fourth-order valence-corrected chi connectivity index (χ4v) is 1.40. The average Bonchev–Trinajstić information content (AvgIpc) is 1.98. The molecular weight excluding hydrogens is 198 g/mol. The Labute approximate surface area is 79.8 Å². The van der Waals surface area contributed by atoms with Crippen LogP contribution in [0.15, 0.2) is 0 Å². The molecule has 0 atom stereocenters. The molecule has 1 fully saturated rings. The highest BCUT2D eigenvalue weighted by molar-refractivity contribution is 5.81. The van der Waals surface area contributed by atoms with E-state index in [0.717, 1.165) is 7.05 Å². The fourth-order valence-electron chi connectivity index (χ4n) is 1.40. The minimum absolute atomic E-state index is 0.0747. The van der Waals surface area contributed by atoms with Gasteiger partial charge in [0.2, 0.25) is 0 Å². The first-order valence-corrected chi connectivity index (χ1v) is 4.15. The monoisotopic (exact) mass is 210 g/mol. The summed E-state index contributed by atoms with van der Waals surface area (Å²) in [7, 11) is 1.15. The third-order valence-electron chi connectivity index (χ3n) is 2.11. The summed E-state index contributed by atoms with van der Waals surface area (Å²) in [4.78, 5) is 11.4. The van der Waals surface area contributed by atoms with Gasteiger partial charge in [0.05, 0.1) is 13.2 Å². The minimum atomic E-state index is -4.78. The third-order valence-corrected chi connectivity index (χ3v) is 2.11. The van der Waals surface area contributed by atoms with Gasteiger partial charge < -0.3 is 9.64 Å². The maximum absolute atomic E-state index is 12.0. The summed E-state index contributed by atoms with van der Waals surface area (Å²) in [6.45, 7) is 2.67. The van der Waals surface area contributed by atoms with Gasteiger partial charge in [0.15, 0.2) is 0 Å². The maximum Gasteiger partial charge on any atom is 0.471 e. The molecule has 1 saturated heterocycles. The zero-order valence-corrected chi connectivity index (χ0v) is 8.02. The van der Waals surface area contributed by atoms with Crippen molar-refractivity contribution in [3.05, 3.63) is 0 Å². The standard InChI is InChI=1S/C8H12F3NO2/c1-7(4-14-5-7)3-12(2)6(13)8(9,10)11/h3-5H2,1-2H3/i9-1. The van der Waals surface area contributed by atoms with E-state index in [2.05, 4.69) is 0 Å². The summed E-state index contributed by atoms with van der Waals surface area (Å²) < 4.78 is 40.8. The summed E-state index contributed by atoms with van der Waals surface area (Å²) in [5.41, 5.74) is -0.324. The molecule has 82 valence electrons. The van der Waals surface area contributed by atoms with Gasteiger partial charge in [0, 0.05) is 19.0 Å². The molecule has 0 aromatic carbocycles. The van der Waals surface area contributed by atoms with Crippen molar-refractivity contribution in [2.45, 2.75) is 13.1 Å². The van der Waals surface area contributed by atoms with Gasteiger partial charge >= 0.3 is 12.1 Å². The Morgan fingerprint density at radius 1 is 1.50 bits per heavy atom. The van der Waals surface area contributed by atoms with Gasteiger partial charge in [-0.25, -0.2) is 0 Å². The van der Waals surface area contributed by atoms with Crippen LogP contribution in [0.2, 0.25) is 0 Å².